The van der Waals surface area contributed by atoms with Gasteiger partial charge in [-0.15, -0.1) is 11.3 Å². The van der Waals surface area contributed by atoms with Gasteiger partial charge in [0, 0.05) is 17.0 Å². The summed E-state index contributed by atoms with van der Waals surface area (Å²) in [6.07, 6.45) is -4.95. The van der Waals surface area contributed by atoms with Crippen LogP contribution in [0.15, 0.2) is 18.2 Å². The quantitative estimate of drug-likeness (QED) is 0.562. The number of aliphatic hydroxyl groups excluding tert-OH is 1. The lowest BCUT2D eigenvalue weighted by atomic mass is 9.93. The molecule has 0 spiro atoms. The van der Waals surface area contributed by atoms with Crippen LogP contribution in [0, 0.1) is 5.82 Å². The van der Waals surface area contributed by atoms with Gasteiger partial charge in [-0.2, -0.15) is 13.2 Å². The number of carbonyl (C=O) groups is 2. The summed E-state index contributed by atoms with van der Waals surface area (Å²) in [6, 6.07) is 2.24. The molecule has 2 aromatic rings. The zero-order valence-electron chi connectivity index (χ0n) is 17.7. The highest BCUT2D eigenvalue weighted by atomic mass is 32.1. The molecule has 2 heterocycles. The van der Waals surface area contributed by atoms with Crippen LogP contribution >= 0.6 is 11.3 Å². The number of benzene rings is 1. The van der Waals surface area contributed by atoms with Gasteiger partial charge in [0.15, 0.2) is 0 Å². The zero-order valence-corrected chi connectivity index (χ0v) is 18.6. The average molecular weight is 474 g/mol. The van der Waals surface area contributed by atoms with E-state index in [-0.39, 0.29) is 23.7 Å². The van der Waals surface area contributed by atoms with Crippen LogP contribution in [0.4, 0.5) is 22.6 Å². The zero-order chi connectivity index (χ0) is 24.1. The lowest BCUT2D eigenvalue weighted by Crippen LogP contribution is -2.30. The monoisotopic (exact) mass is 474 g/mol. The molecule has 2 amide bonds. The van der Waals surface area contributed by atoms with Gasteiger partial charge in [0.05, 0.1) is 34.5 Å². The largest absolute Gasteiger partial charge is 0.417 e. The first-order chi connectivity index (χ1) is 14.7. The summed E-state index contributed by atoms with van der Waals surface area (Å²) in [6.45, 7) is 6.55. The minimum Gasteiger partial charge on any atom is -0.395 e. The number of hydrogen-bond acceptors (Lipinski definition) is 5. The second-order valence-electron chi connectivity index (χ2n) is 8.23. The van der Waals surface area contributed by atoms with Crippen molar-refractivity contribution in [1.29, 1.82) is 0 Å². The minimum absolute atomic E-state index is 0.00673. The summed E-state index contributed by atoms with van der Waals surface area (Å²) in [5.74, 6) is -3.31. The number of rotatable bonds is 5. The van der Waals surface area contributed by atoms with E-state index in [1.54, 1.807) is 27.7 Å². The Kier molecular flexibility index (Phi) is 6.13. The molecule has 0 radical (unpaired) electrons. The number of ether oxygens (including phenoxy) is 1. The predicted molar refractivity (Wildman–Crippen MR) is 110 cm³/mol. The Morgan fingerprint density at radius 3 is 2.34 bits per heavy atom. The van der Waals surface area contributed by atoms with Crippen LogP contribution in [0.25, 0.3) is 0 Å². The van der Waals surface area contributed by atoms with Crippen molar-refractivity contribution >= 4 is 28.2 Å². The van der Waals surface area contributed by atoms with E-state index in [1.807, 2.05) is 0 Å². The number of anilines is 1. The molecule has 0 fully saturated rings. The van der Waals surface area contributed by atoms with Crippen molar-refractivity contribution in [3.05, 3.63) is 51.1 Å². The lowest BCUT2D eigenvalue weighted by Gasteiger charge is -2.26. The number of alkyl halides is 3. The Bertz CT molecular complexity index is 1080. The fraction of sp³-hybridized carbons (Fsp3) is 0.429. The van der Waals surface area contributed by atoms with Gasteiger partial charge in [-0.25, -0.2) is 4.39 Å². The van der Waals surface area contributed by atoms with Gasteiger partial charge in [-0.05, 0) is 39.8 Å². The maximum absolute atomic E-state index is 14.3. The smallest absolute Gasteiger partial charge is 0.395 e. The number of aliphatic hydroxyl groups is 1. The molecule has 1 aromatic heterocycles. The van der Waals surface area contributed by atoms with E-state index in [1.165, 1.54) is 0 Å². The number of thiophene rings is 1. The summed E-state index contributed by atoms with van der Waals surface area (Å²) in [4.78, 5) is 26.3. The molecule has 0 bridgehead atoms. The molecule has 0 aliphatic carbocycles. The SMILES string of the molecule is CC1(C)OC(C)(C)c2c1sc(NC(=O)c1c(F)cccc1C(F)(F)F)c2C(=O)NCCO. The average Bonchev–Trinajstić information content (AvgIpc) is 3.12. The van der Waals surface area contributed by atoms with Gasteiger partial charge in [0.1, 0.15) is 10.8 Å². The number of amides is 2. The van der Waals surface area contributed by atoms with Crippen molar-refractivity contribution in [2.45, 2.75) is 45.1 Å². The van der Waals surface area contributed by atoms with Gasteiger partial charge < -0.3 is 20.5 Å². The van der Waals surface area contributed by atoms with E-state index in [4.69, 9.17) is 9.84 Å². The maximum Gasteiger partial charge on any atom is 0.417 e. The lowest BCUT2D eigenvalue weighted by molar-refractivity contribution is -0.138. The molecule has 0 saturated carbocycles. The topological polar surface area (TPSA) is 87.7 Å². The highest BCUT2D eigenvalue weighted by molar-refractivity contribution is 7.17. The molecule has 6 nitrogen and oxygen atoms in total. The Balaban J connectivity index is 2.13. The fourth-order valence-corrected chi connectivity index (χ4v) is 5.27. The first kappa shape index (κ1) is 24.1. The van der Waals surface area contributed by atoms with Gasteiger partial charge in [-0.1, -0.05) is 6.07 Å². The number of nitrogens with one attached hydrogen (secondary N) is 2. The van der Waals surface area contributed by atoms with Crippen LogP contribution in [0.3, 0.4) is 0 Å². The van der Waals surface area contributed by atoms with Gasteiger partial charge in [-0.3, -0.25) is 9.59 Å². The molecule has 0 unspecified atom stereocenters. The van der Waals surface area contributed by atoms with Crippen molar-refractivity contribution in [2.75, 3.05) is 18.5 Å². The van der Waals surface area contributed by atoms with Crippen LogP contribution in [0.2, 0.25) is 0 Å². The Labute approximate surface area is 185 Å². The molecule has 174 valence electrons. The number of fused-ring (bicyclic) bond motifs is 1. The minimum atomic E-state index is -4.95. The Morgan fingerprint density at radius 2 is 1.75 bits per heavy atom. The third kappa shape index (κ3) is 4.24. The normalized spacial score (nSPS) is 16.5. The van der Waals surface area contributed by atoms with E-state index < -0.39 is 46.1 Å². The van der Waals surface area contributed by atoms with Crippen molar-refractivity contribution in [3.8, 4) is 0 Å². The van der Waals surface area contributed by atoms with Crippen molar-refractivity contribution < 1.29 is 37.0 Å². The second kappa shape index (κ2) is 8.13. The molecule has 0 saturated heterocycles. The molecule has 1 aliphatic heterocycles. The molecule has 32 heavy (non-hydrogen) atoms. The molecule has 11 heteroatoms. The molecular formula is C21H22F4N2O4S. The van der Waals surface area contributed by atoms with Crippen LogP contribution < -0.4 is 10.6 Å². The van der Waals surface area contributed by atoms with Gasteiger partial charge in [0.2, 0.25) is 0 Å². The predicted octanol–water partition coefficient (Wildman–Crippen LogP) is 4.38. The summed E-state index contributed by atoms with van der Waals surface area (Å²) in [5.41, 5.74) is -3.89. The number of hydrogen-bond donors (Lipinski definition) is 3. The molecule has 3 N–H and O–H groups in total. The van der Waals surface area contributed by atoms with Crippen LogP contribution in [-0.4, -0.2) is 30.1 Å². The fourth-order valence-electron chi connectivity index (χ4n) is 3.88. The van der Waals surface area contributed by atoms with Crippen molar-refractivity contribution in [2.24, 2.45) is 0 Å². The van der Waals surface area contributed by atoms with E-state index in [0.717, 1.165) is 23.5 Å². The van der Waals surface area contributed by atoms with Crippen LogP contribution in [-0.2, 0) is 22.1 Å². The molecule has 1 aromatic carbocycles. The summed E-state index contributed by atoms with van der Waals surface area (Å²) in [7, 11) is 0. The highest BCUT2D eigenvalue weighted by Gasteiger charge is 2.49. The molecule has 3 rings (SSSR count). The standard InChI is InChI=1S/C21H22F4N2O4S/c1-19(2)14-13(16(29)26-8-9-28)18(32-15(14)20(3,4)31-19)27-17(30)12-10(21(23,24)25)6-5-7-11(12)22/h5-7,28H,8-9H2,1-4H3,(H,26,29)(H,27,30). The van der Waals surface area contributed by atoms with E-state index in [2.05, 4.69) is 10.6 Å². The Morgan fingerprint density at radius 1 is 1.09 bits per heavy atom. The van der Waals surface area contributed by atoms with Crippen LogP contribution in [0.1, 0.15) is 64.4 Å². The van der Waals surface area contributed by atoms with Crippen LogP contribution in [0.5, 0.6) is 0 Å². The summed E-state index contributed by atoms with van der Waals surface area (Å²) < 4.78 is 60.4. The van der Waals surface area contributed by atoms with E-state index >= 15 is 0 Å². The number of carbonyl (C=O) groups excluding carboxylic acids is 2. The molecular weight excluding hydrogens is 452 g/mol. The van der Waals surface area contributed by atoms with E-state index in [0.29, 0.717) is 16.5 Å². The van der Waals surface area contributed by atoms with E-state index in [9.17, 15) is 27.2 Å². The molecule has 0 atom stereocenters. The maximum atomic E-state index is 14.3. The van der Waals surface area contributed by atoms with Gasteiger partial charge >= 0.3 is 6.18 Å². The third-order valence-corrected chi connectivity index (χ3v) is 6.38. The summed E-state index contributed by atoms with van der Waals surface area (Å²) in [5, 5.41) is 13.8. The van der Waals surface area contributed by atoms with Gasteiger partial charge in [0.25, 0.3) is 11.8 Å². The van der Waals surface area contributed by atoms with Crippen molar-refractivity contribution in [3.63, 3.8) is 0 Å². The first-order valence-electron chi connectivity index (χ1n) is 9.64. The van der Waals surface area contributed by atoms with Crippen molar-refractivity contribution in [1.82, 2.24) is 5.32 Å². The molecule has 1 aliphatic rings. The number of halogens is 4. The third-order valence-electron chi connectivity index (χ3n) is 4.96. The first-order valence-corrected chi connectivity index (χ1v) is 10.5. The Hall–Kier alpha value is -2.50. The highest BCUT2D eigenvalue weighted by Crippen LogP contribution is 2.54. The summed E-state index contributed by atoms with van der Waals surface area (Å²) >= 11 is 0.978. The second-order valence-corrected chi connectivity index (χ2v) is 9.25.